The lowest BCUT2D eigenvalue weighted by Crippen LogP contribution is -2.33. The minimum Gasteiger partial charge on any atom is -0.461 e. The Morgan fingerprint density at radius 3 is 2.78 bits per heavy atom. The van der Waals surface area contributed by atoms with E-state index in [0.29, 0.717) is 12.4 Å². The SMILES string of the molecule is CCOC(=O)c1ncn(C2(C)CCCCC2)c1N. The summed E-state index contributed by atoms with van der Waals surface area (Å²) in [5, 5.41) is 0. The van der Waals surface area contributed by atoms with Crippen molar-refractivity contribution >= 4 is 11.8 Å². The lowest BCUT2D eigenvalue weighted by atomic mass is 9.83. The van der Waals surface area contributed by atoms with Crippen molar-refractivity contribution < 1.29 is 9.53 Å². The molecule has 0 amide bonds. The quantitative estimate of drug-likeness (QED) is 0.837. The maximum Gasteiger partial charge on any atom is 0.360 e. The van der Waals surface area contributed by atoms with Crippen LogP contribution in [-0.4, -0.2) is 22.1 Å². The van der Waals surface area contributed by atoms with Gasteiger partial charge in [0.05, 0.1) is 12.9 Å². The number of hydrogen-bond acceptors (Lipinski definition) is 4. The lowest BCUT2D eigenvalue weighted by Gasteiger charge is -2.35. The summed E-state index contributed by atoms with van der Waals surface area (Å²) in [6, 6.07) is 0. The molecule has 0 saturated heterocycles. The number of esters is 1. The number of anilines is 1. The molecule has 0 spiro atoms. The number of carbonyl (C=O) groups is 1. The number of nitrogen functional groups attached to an aromatic ring is 1. The van der Waals surface area contributed by atoms with E-state index in [2.05, 4.69) is 11.9 Å². The maximum atomic E-state index is 11.7. The maximum absolute atomic E-state index is 11.7. The molecule has 1 aliphatic carbocycles. The van der Waals surface area contributed by atoms with E-state index in [4.69, 9.17) is 10.5 Å². The number of aromatic nitrogens is 2. The summed E-state index contributed by atoms with van der Waals surface area (Å²) in [4.78, 5) is 15.8. The molecule has 0 aromatic carbocycles. The minimum atomic E-state index is -0.437. The number of rotatable bonds is 3. The van der Waals surface area contributed by atoms with Crippen LogP contribution in [-0.2, 0) is 10.3 Å². The highest BCUT2D eigenvalue weighted by Crippen LogP contribution is 2.36. The Morgan fingerprint density at radius 1 is 1.50 bits per heavy atom. The van der Waals surface area contributed by atoms with E-state index in [0.717, 1.165) is 12.8 Å². The zero-order chi connectivity index (χ0) is 13.2. The van der Waals surface area contributed by atoms with Gasteiger partial charge in [0.15, 0.2) is 5.69 Å². The van der Waals surface area contributed by atoms with Crippen LogP contribution in [0.2, 0.25) is 0 Å². The van der Waals surface area contributed by atoms with Gasteiger partial charge in [-0.15, -0.1) is 0 Å². The van der Waals surface area contributed by atoms with Crippen molar-refractivity contribution in [2.24, 2.45) is 0 Å². The molecule has 0 bridgehead atoms. The van der Waals surface area contributed by atoms with E-state index in [1.54, 1.807) is 13.3 Å². The Labute approximate surface area is 107 Å². The Morgan fingerprint density at radius 2 is 2.17 bits per heavy atom. The zero-order valence-corrected chi connectivity index (χ0v) is 11.1. The van der Waals surface area contributed by atoms with Crippen LogP contribution in [0, 0.1) is 0 Å². The Kier molecular flexibility index (Phi) is 3.59. The van der Waals surface area contributed by atoms with Gasteiger partial charge in [-0.3, -0.25) is 0 Å². The molecule has 0 radical (unpaired) electrons. The monoisotopic (exact) mass is 251 g/mol. The van der Waals surface area contributed by atoms with Gasteiger partial charge in [-0.1, -0.05) is 19.3 Å². The number of carbonyl (C=O) groups excluding carboxylic acids is 1. The Hall–Kier alpha value is -1.52. The molecule has 1 saturated carbocycles. The van der Waals surface area contributed by atoms with Gasteiger partial charge >= 0.3 is 5.97 Å². The predicted octanol–water partition coefficient (Wildman–Crippen LogP) is 2.32. The Balaban J connectivity index is 2.27. The van der Waals surface area contributed by atoms with E-state index in [1.807, 2.05) is 4.57 Å². The number of imidazole rings is 1. The van der Waals surface area contributed by atoms with Crippen LogP contribution in [0.5, 0.6) is 0 Å². The highest BCUT2D eigenvalue weighted by atomic mass is 16.5. The predicted molar refractivity (Wildman–Crippen MR) is 69.3 cm³/mol. The van der Waals surface area contributed by atoms with Crippen molar-refractivity contribution in [3.63, 3.8) is 0 Å². The second-order valence-corrected chi connectivity index (χ2v) is 5.13. The molecule has 1 heterocycles. The molecule has 0 aliphatic heterocycles. The summed E-state index contributed by atoms with van der Waals surface area (Å²) in [5.41, 5.74) is 6.28. The lowest BCUT2D eigenvalue weighted by molar-refractivity contribution is 0.0521. The fourth-order valence-corrected chi connectivity index (χ4v) is 2.70. The third kappa shape index (κ3) is 2.21. The van der Waals surface area contributed by atoms with Crippen LogP contribution in [0.25, 0.3) is 0 Å². The fraction of sp³-hybridized carbons (Fsp3) is 0.692. The summed E-state index contributed by atoms with van der Waals surface area (Å²) in [6.45, 7) is 4.29. The van der Waals surface area contributed by atoms with Crippen LogP contribution < -0.4 is 5.73 Å². The van der Waals surface area contributed by atoms with Gasteiger partial charge < -0.3 is 15.0 Å². The van der Waals surface area contributed by atoms with Crippen molar-refractivity contribution in [3.8, 4) is 0 Å². The molecule has 1 aromatic rings. The number of nitrogens with two attached hydrogens (primary N) is 1. The van der Waals surface area contributed by atoms with Crippen LogP contribution in [0.3, 0.4) is 0 Å². The van der Waals surface area contributed by atoms with Crippen LogP contribution in [0.4, 0.5) is 5.82 Å². The third-order valence-corrected chi connectivity index (χ3v) is 3.79. The molecule has 5 nitrogen and oxygen atoms in total. The first-order valence-corrected chi connectivity index (χ1v) is 6.59. The molecular formula is C13H21N3O2. The molecule has 1 fully saturated rings. The van der Waals surface area contributed by atoms with Gasteiger partial charge in [-0.25, -0.2) is 9.78 Å². The summed E-state index contributed by atoms with van der Waals surface area (Å²) in [5.74, 6) is -0.00832. The van der Waals surface area contributed by atoms with Crippen LogP contribution in [0.15, 0.2) is 6.33 Å². The van der Waals surface area contributed by atoms with Gasteiger partial charge in [-0.05, 0) is 26.7 Å². The standard InChI is InChI=1S/C13H21N3O2/c1-3-18-12(17)10-11(14)16(9-15-10)13(2)7-5-4-6-8-13/h9H,3-8,14H2,1-2H3. The molecule has 0 atom stereocenters. The first-order valence-electron chi connectivity index (χ1n) is 6.59. The van der Waals surface area contributed by atoms with Gasteiger partial charge in [0, 0.05) is 5.54 Å². The van der Waals surface area contributed by atoms with E-state index >= 15 is 0 Å². The van der Waals surface area contributed by atoms with Crippen molar-refractivity contribution in [2.75, 3.05) is 12.3 Å². The molecular weight excluding hydrogens is 230 g/mol. The average Bonchev–Trinajstić information content (AvgIpc) is 2.73. The molecule has 1 aliphatic rings. The first kappa shape index (κ1) is 12.9. The van der Waals surface area contributed by atoms with Gasteiger partial charge in [0.2, 0.25) is 0 Å². The molecule has 2 N–H and O–H groups in total. The molecule has 5 heteroatoms. The minimum absolute atomic E-state index is 0.0138. The summed E-state index contributed by atoms with van der Waals surface area (Å²) < 4.78 is 6.89. The van der Waals surface area contributed by atoms with E-state index in [1.165, 1.54) is 19.3 Å². The highest BCUT2D eigenvalue weighted by Gasteiger charge is 2.32. The molecule has 100 valence electrons. The smallest absolute Gasteiger partial charge is 0.360 e. The second-order valence-electron chi connectivity index (χ2n) is 5.13. The highest BCUT2D eigenvalue weighted by molar-refractivity contribution is 5.92. The largest absolute Gasteiger partial charge is 0.461 e. The third-order valence-electron chi connectivity index (χ3n) is 3.79. The van der Waals surface area contributed by atoms with Crippen LogP contribution >= 0.6 is 0 Å². The second kappa shape index (κ2) is 5.00. The van der Waals surface area contributed by atoms with E-state index < -0.39 is 5.97 Å². The summed E-state index contributed by atoms with van der Waals surface area (Å²) in [7, 11) is 0. The van der Waals surface area contributed by atoms with Gasteiger partial charge in [-0.2, -0.15) is 0 Å². The van der Waals surface area contributed by atoms with E-state index in [-0.39, 0.29) is 11.2 Å². The van der Waals surface area contributed by atoms with E-state index in [9.17, 15) is 4.79 Å². The average molecular weight is 251 g/mol. The van der Waals surface area contributed by atoms with Crippen LogP contribution in [0.1, 0.15) is 56.4 Å². The summed E-state index contributed by atoms with van der Waals surface area (Å²) in [6.07, 6.45) is 7.50. The fourth-order valence-electron chi connectivity index (χ4n) is 2.70. The molecule has 0 unspecified atom stereocenters. The van der Waals surface area contributed by atoms with Gasteiger partial charge in [0.25, 0.3) is 0 Å². The first-order chi connectivity index (χ1) is 8.58. The molecule has 18 heavy (non-hydrogen) atoms. The zero-order valence-electron chi connectivity index (χ0n) is 11.1. The summed E-state index contributed by atoms with van der Waals surface area (Å²) >= 11 is 0. The number of nitrogens with zero attached hydrogens (tertiary/aromatic N) is 2. The van der Waals surface area contributed by atoms with Crippen molar-refractivity contribution in [3.05, 3.63) is 12.0 Å². The number of hydrogen-bond donors (Lipinski definition) is 1. The van der Waals surface area contributed by atoms with Crippen molar-refractivity contribution in [1.82, 2.24) is 9.55 Å². The van der Waals surface area contributed by atoms with Gasteiger partial charge in [0.1, 0.15) is 5.82 Å². The van der Waals surface area contributed by atoms with Crippen molar-refractivity contribution in [1.29, 1.82) is 0 Å². The normalized spacial score (nSPS) is 18.6. The van der Waals surface area contributed by atoms with Crippen molar-refractivity contribution in [2.45, 2.75) is 51.5 Å². The topological polar surface area (TPSA) is 70.1 Å². The Bertz CT molecular complexity index is 433. The molecule has 1 aromatic heterocycles. The molecule has 2 rings (SSSR count). The number of ether oxygens (including phenoxy) is 1.